The van der Waals surface area contributed by atoms with Gasteiger partial charge in [0.25, 0.3) is 10.0 Å². The van der Waals surface area contributed by atoms with Crippen molar-refractivity contribution in [2.24, 2.45) is 0 Å². The van der Waals surface area contributed by atoms with Gasteiger partial charge >= 0.3 is 0 Å². The summed E-state index contributed by atoms with van der Waals surface area (Å²) in [6.07, 6.45) is 0.254. The first-order valence-electron chi connectivity index (χ1n) is 10.3. The minimum absolute atomic E-state index is 0.123. The molecule has 0 aliphatic carbocycles. The second-order valence-corrected chi connectivity index (χ2v) is 9.48. The number of carbonyl (C=O) groups is 1. The molecule has 0 spiro atoms. The number of fused-ring (bicyclic) bond motifs is 1. The summed E-state index contributed by atoms with van der Waals surface area (Å²) in [5, 5.41) is 4.60. The molecule has 0 radical (unpaired) electrons. The molecular formula is C26H24N2O3S. The monoisotopic (exact) mass is 444 g/mol. The summed E-state index contributed by atoms with van der Waals surface area (Å²) < 4.78 is 28.4. The molecule has 2 N–H and O–H groups in total. The van der Waals surface area contributed by atoms with E-state index in [0.29, 0.717) is 11.4 Å². The van der Waals surface area contributed by atoms with Crippen LogP contribution in [0.5, 0.6) is 0 Å². The molecule has 0 aromatic heterocycles. The number of rotatable bonds is 6. The molecule has 0 heterocycles. The lowest BCUT2D eigenvalue weighted by Crippen LogP contribution is -2.15. The molecule has 0 fully saturated rings. The fraction of sp³-hybridized carbons (Fsp3) is 0.115. The summed E-state index contributed by atoms with van der Waals surface area (Å²) in [7, 11) is -3.77. The van der Waals surface area contributed by atoms with Gasteiger partial charge in [-0.15, -0.1) is 0 Å². The predicted molar refractivity (Wildman–Crippen MR) is 129 cm³/mol. The number of amides is 1. The molecule has 4 rings (SSSR count). The number of sulfonamides is 1. The van der Waals surface area contributed by atoms with Crippen LogP contribution in [0.2, 0.25) is 0 Å². The first-order valence-corrected chi connectivity index (χ1v) is 11.8. The minimum Gasteiger partial charge on any atom is -0.326 e. The van der Waals surface area contributed by atoms with Crippen LogP contribution in [0.3, 0.4) is 0 Å². The van der Waals surface area contributed by atoms with Crippen LogP contribution >= 0.6 is 0 Å². The van der Waals surface area contributed by atoms with E-state index >= 15 is 0 Å². The second kappa shape index (κ2) is 8.85. The third kappa shape index (κ3) is 4.81. The van der Waals surface area contributed by atoms with Crippen LogP contribution in [0.1, 0.15) is 16.7 Å². The van der Waals surface area contributed by atoms with Crippen molar-refractivity contribution in [2.75, 3.05) is 10.0 Å². The molecule has 5 nitrogen and oxygen atoms in total. The zero-order chi connectivity index (χ0) is 22.7. The number of hydrogen-bond acceptors (Lipinski definition) is 3. The van der Waals surface area contributed by atoms with Crippen molar-refractivity contribution in [3.05, 3.63) is 102 Å². The Morgan fingerprint density at radius 3 is 2.28 bits per heavy atom. The molecule has 0 aliphatic heterocycles. The highest BCUT2D eigenvalue weighted by Gasteiger charge is 2.16. The van der Waals surface area contributed by atoms with Gasteiger partial charge in [-0.2, -0.15) is 0 Å². The fourth-order valence-corrected chi connectivity index (χ4v) is 4.62. The molecule has 0 saturated heterocycles. The number of benzene rings is 4. The van der Waals surface area contributed by atoms with Gasteiger partial charge in [-0.25, -0.2) is 8.42 Å². The molecule has 0 saturated carbocycles. The fourth-order valence-electron chi connectivity index (χ4n) is 3.54. The van der Waals surface area contributed by atoms with E-state index in [1.54, 1.807) is 18.2 Å². The van der Waals surface area contributed by atoms with Crippen LogP contribution in [-0.2, 0) is 21.2 Å². The third-order valence-electron chi connectivity index (χ3n) is 5.42. The Labute approximate surface area is 188 Å². The topological polar surface area (TPSA) is 75.3 Å². The number of nitrogens with one attached hydrogen (secondary N) is 2. The predicted octanol–water partition coefficient (Wildman–Crippen LogP) is 5.44. The van der Waals surface area contributed by atoms with E-state index < -0.39 is 10.0 Å². The van der Waals surface area contributed by atoms with E-state index in [1.807, 2.05) is 68.4 Å². The number of hydrogen-bond donors (Lipinski definition) is 2. The first-order chi connectivity index (χ1) is 15.3. The SMILES string of the molecule is Cc1ccc(CC(=O)Nc2ccc(S(=O)(=O)Nc3cccc4ccccc34)cc2)cc1C. The standard InChI is InChI=1S/C26H24N2O3S/c1-18-10-11-20(16-19(18)2)17-26(29)27-22-12-14-23(15-13-22)32(30,31)28-25-9-5-7-21-6-3-4-8-24(21)25/h3-16,28H,17H2,1-2H3,(H,27,29). The van der Waals surface area contributed by atoms with Crippen molar-refractivity contribution >= 4 is 38.1 Å². The normalized spacial score (nSPS) is 11.3. The molecule has 0 bridgehead atoms. The maximum Gasteiger partial charge on any atom is 0.261 e. The molecule has 1 amide bonds. The summed E-state index contributed by atoms with van der Waals surface area (Å²) >= 11 is 0. The van der Waals surface area contributed by atoms with Crippen molar-refractivity contribution in [1.29, 1.82) is 0 Å². The molecule has 162 valence electrons. The highest BCUT2D eigenvalue weighted by Crippen LogP contribution is 2.26. The van der Waals surface area contributed by atoms with Gasteiger partial charge in [0.05, 0.1) is 17.0 Å². The van der Waals surface area contributed by atoms with Crippen molar-refractivity contribution in [3.63, 3.8) is 0 Å². The van der Waals surface area contributed by atoms with Gasteiger partial charge in [0, 0.05) is 11.1 Å². The van der Waals surface area contributed by atoms with Crippen molar-refractivity contribution in [1.82, 2.24) is 0 Å². The van der Waals surface area contributed by atoms with E-state index in [0.717, 1.165) is 21.9 Å². The van der Waals surface area contributed by atoms with E-state index in [4.69, 9.17) is 0 Å². The quantitative estimate of drug-likeness (QED) is 0.416. The average molecular weight is 445 g/mol. The zero-order valence-corrected chi connectivity index (χ0v) is 18.7. The van der Waals surface area contributed by atoms with E-state index in [9.17, 15) is 13.2 Å². The van der Waals surface area contributed by atoms with Crippen molar-refractivity contribution in [2.45, 2.75) is 25.2 Å². The van der Waals surface area contributed by atoms with Gasteiger partial charge in [-0.1, -0.05) is 54.6 Å². The van der Waals surface area contributed by atoms with E-state index in [1.165, 1.54) is 17.7 Å². The van der Waals surface area contributed by atoms with Gasteiger partial charge in [0.2, 0.25) is 5.91 Å². The molecule has 0 unspecified atom stereocenters. The molecule has 4 aromatic carbocycles. The Morgan fingerprint density at radius 1 is 0.812 bits per heavy atom. The molecule has 32 heavy (non-hydrogen) atoms. The lowest BCUT2D eigenvalue weighted by Gasteiger charge is -2.12. The van der Waals surface area contributed by atoms with Crippen LogP contribution in [0.4, 0.5) is 11.4 Å². The van der Waals surface area contributed by atoms with E-state index in [2.05, 4.69) is 10.0 Å². The third-order valence-corrected chi connectivity index (χ3v) is 6.80. The van der Waals surface area contributed by atoms with Crippen LogP contribution < -0.4 is 10.0 Å². The number of aryl methyl sites for hydroxylation is 2. The number of carbonyl (C=O) groups excluding carboxylic acids is 1. The summed E-state index contributed by atoms with van der Waals surface area (Å²) in [6, 6.07) is 25.2. The summed E-state index contributed by atoms with van der Waals surface area (Å²) in [4.78, 5) is 12.5. The highest BCUT2D eigenvalue weighted by atomic mass is 32.2. The van der Waals surface area contributed by atoms with Gasteiger partial charge in [0.15, 0.2) is 0 Å². The Balaban J connectivity index is 1.46. The second-order valence-electron chi connectivity index (χ2n) is 7.80. The molecular weight excluding hydrogens is 420 g/mol. The molecule has 6 heteroatoms. The molecule has 0 aliphatic rings. The summed E-state index contributed by atoms with van der Waals surface area (Å²) in [5.41, 5.74) is 4.33. The van der Waals surface area contributed by atoms with Crippen LogP contribution in [0, 0.1) is 13.8 Å². The van der Waals surface area contributed by atoms with Gasteiger partial charge < -0.3 is 5.32 Å². The number of anilines is 2. The molecule has 0 atom stereocenters. The lowest BCUT2D eigenvalue weighted by molar-refractivity contribution is -0.115. The Bertz CT molecular complexity index is 1390. The van der Waals surface area contributed by atoms with E-state index in [-0.39, 0.29) is 17.2 Å². The van der Waals surface area contributed by atoms with Crippen molar-refractivity contribution in [3.8, 4) is 0 Å². The Morgan fingerprint density at radius 2 is 1.53 bits per heavy atom. The lowest BCUT2D eigenvalue weighted by atomic mass is 10.0. The van der Waals surface area contributed by atoms with Crippen LogP contribution in [-0.4, -0.2) is 14.3 Å². The highest BCUT2D eigenvalue weighted by molar-refractivity contribution is 7.92. The Kier molecular flexibility index (Phi) is 5.97. The van der Waals surface area contributed by atoms with Crippen molar-refractivity contribution < 1.29 is 13.2 Å². The molecule has 4 aromatic rings. The smallest absolute Gasteiger partial charge is 0.261 e. The zero-order valence-electron chi connectivity index (χ0n) is 17.9. The van der Waals surface area contributed by atoms with Crippen LogP contribution in [0.25, 0.3) is 10.8 Å². The van der Waals surface area contributed by atoms with Gasteiger partial charge in [-0.3, -0.25) is 9.52 Å². The van der Waals surface area contributed by atoms with Gasteiger partial charge in [0.1, 0.15) is 0 Å². The largest absolute Gasteiger partial charge is 0.326 e. The maximum absolute atomic E-state index is 12.9. The summed E-state index contributed by atoms with van der Waals surface area (Å²) in [5.74, 6) is -0.155. The van der Waals surface area contributed by atoms with Crippen LogP contribution in [0.15, 0.2) is 89.8 Å². The maximum atomic E-state index is 12.9. The van der Waals surface area contributed by atoms with Gasteiger partial charge in [-0.05, 0) is 66.3 Å². The Hall–Kier alpha value is -3.64. The average Bonchev–Trinajstić information content (AvgIpc) is 2.77. The summed E-state index contributed by atoms with van der Waals surface area (Å²) in [6.45, 7) is 4.05. The minimum atomic E-state index is -3.77. The first kappa shape index (κ1) is 21.6.